The van der Waals surface area contributed by atoms with Crippen molar-refractivity contribution in [2.45, 2.75) is 0 Å². The maximum absolute atomic E-state index is 5.77. The Morgan fingerprint density at radius 3 is 2.59 bits per heavy atom. The van der Waals surface area contributed by atoms with Crippen LogP contribution < -0.4 is 11.5 Å². The first kappa shape index (κ1) is 9.46. The Kier molecular flexibility index (Phi) is 1.87. The third-order valence-corrected chi connectivity index (χ3v) is 2.26. The summed E-state index contributed by atoms with van der Waals surface area (Å²) in [4.78, 5) is 15.8. The second kappa shape index (κ2) is 3.37. The standard InChI is InChI=1S/C9H8N8/c10-7-6-3-14-9(11)15-8(6)17(16-7)5-1-12-4-13-2-5/h1-4H,(H2,10,16)(H2,11,14,15). The lowest BCUT2D eigenvalue weighted by Gasteiger charge is -2.00. The predicted octanol–water partition coefficient (Wildman–Crippen LogP) is -0.230. The zero-order chi connectivity index (χ0) is 11.8. The van der Waals surface area contributed by atoms with Gasteiger partial charge in [0.1, 0.15) is 12.0 Å². The quantitative estimate of drug-likeness (QED) is 0.589. The van der Waals surface area contributed by atoms with Gasteiger partial charge in [-0.2, -0.15) is 4.98 Å². The van der Waals surface area contributed by atoms with Crippen LogP contribution >= 0.6 is 0 Å². The van der Waals surface area contributed by atoms with Crippen molar-refractivity contribution >= 4 is 22.8 Å². The molecule has 0 saturated carbocycles. The lowest BCUT2D eigenvalue weighted by molar-refractivity contribution is 0.883. The molecular formula is C9H8N8. The molecule has 0 atom stereocenters. The molecule has 0 aliphatic rings. The largest absolute Gasteiger partial charge is 0.382 e. The van der Waals surface area contributed by atoms with E-state index < -0.39 is 0 Å². The van der Waals surface area contributed by atoms with Gasteiger partial charge in [0.15, 0.2) is 11.5 Å². The number of rotatable bonds is 1. The second-order valence-corrected chi connectivity index (χ2v) is 3.36. The van der Waals surface area contributed by atoms with Gasteiger partial charge in [0.25, 0.3) is 0 Å². The maximum Gasteiger partial charge on any atom is 0.222 e. The van der Waals surface area contributed by atoms with Gasteiger partial charge >= 0.3 is 0 Å². The summed E-state index contributed by atoms with van der Waals surface area (Å²) >= 11 is 0. The van der Waals surface area contributed by atoms with E-state index in [0.717, 1.165) is 0 Å². The highest BCUT2D eigenvalue weighted by atomic mass is 15.3. The molecule has 0 aliphatic carbocycles. The number of fused-ring (bicyclic) bond motifs is 1. The van der Waals surface area contributed by atoms with Gasteiger partial charge in [0.05, 0.1) is 17.8 Å². The lowest BCUT2D eigenvalue weighted by Crippen LogP contribution is -2.01. The molecule has 17 heavy (non-hydrogen) atoms. The molecule has 0 spiro atoms. The Labute approximate surface area is 95.3 Å². The Bertz CT molecular complexity index is 674. The van der Waals surface area contributed by atoms with Crippen LogP contribution in [-0.4, -0.2) is 29.7 Å². The molecule has 3 aromatic heterocycles. The molecule has 3 rings (SSSR count). The average molecular weight is 228 g/mol. The van der Waals surface area contributed by atoms with E-state index in [-0.39, 0.29) is 5.95 Å². The number of nitrogens with zero attached hydrogens (tertiary/aromatic N) is 6. The van der Waals surface area contributed by atoms with Crippen LogP contribution in [0.3, 0.4) is 0 Å². The molecule has 8 nitrogen and oxygen atoms in total. The van der Waals surface area contributed by atoms with Crippen molar-refractivity contribution in [3.63, 3.8) is 0 Å². The first-order valence-corrected chi connectivity index (χ1v) is 4.78. The smallest absolute Gasteiger partial charge is 0.222 e. The van der Waals surface area contributed by atoms with Crippen molar-refractivity contribution in [2.24, 2.45) is 0 Å². The first-order chi connectivity index (χ1) is 8.25. The molecule has 0 radical (unpaired) electrons. The fraction of sp³-hybridized carbons (Fsp3) is 0. The molecule has 84 valence electrons. The zero-order valence-electron chi connectivity index (χ0n) is 8.65. The monoisotopic (exact) mass is 228 g/mol. The average Bonchev–Trinajstić information content (AvgIpc) is 2.67. The molecule has 4 N–H and O–H groups in total. The number of anilines is 2. The number of hydrogen-bond acceptors (Lipinski definition) is 7. The van der Waals surface area contributed by atoms with Gasteiger partial charge in [0.2, 0.25) is 5.95 Å². The molecule has 3 aromatic rings. The molecule has 0 aliphatic heterocycles. The van der Waals surface area contributed by atoms with E-state index in [4.69, 9.17) is 11.5 Å². The Balaban J connectivity index is 2.34. The summed E-state index contributed by atoms with van der Waals surface area (Å²) in [5, 5.41) is 4.80. The minimum absolute atomic E-state index is 0.162. The minimum Gasteiger partial charge on any atom is -0.382 e. The van der Waals surface area contributed by atoms with Gasteiger partial charge in [-0.25, -0.2) is 19.6 Å². The van der Waals surface area contributed by atoms with E-state index >= 15 is 0 Å². The summed E-state index contributed by atoms with van der Waals surface area (Å²) in [6, 6.07) is 0. The first-order valence-electron chi connectivity index (χ1n) is 4.78. The summed E-state index contributed by atoms with van der Waals surface area (Å²) in [7, 11) is 0. The maximum atomic E-state index is 5.77. The summed E-state index contributed by atoms with van der Waals surface area (Å²) < 4.78 is 1.53. The van der Waals surface area contributed by atoms with E-state index in [1.54, 1.807) is 18.6 Å². The van der Waals surface area contributed by atoms with Crippen molar-refractivity contribution in [1.82, 2.24) is 29.7 Å². The normalized spacial score (nSPS) is 10.8. The van der Waals surface area contributed by atoms with Crippen LogP contribution in [0.5, 0.6) is 0 Å². The third kappa shape index (κ3) is 1.42. The molecule has 3 heterocycles. The van der Waals surface area contributed by atoms with Crippen LogP contribution in [0.4, 0.5) is 11.8 Å². The molecule has 0 bridgehead atoms. The number of aromatic nitrogens is 6. The highest BCUT2D eigenvalue weighted by Crippen LogP contribution is 2.20. The number of nitrogen functional groups attached to an aromatic ring is 2. The van der Waals surface area contributed by atoms with Gasteiger partial charge < -0.3 is 11.5 Å². The molecule has 0 fully saturated rings. The van der Waals surface area contributed by atoms with Gasteiger partial charge in [-0.3, -0.25) is 0 Å². The van der Waals surface area contributed by atoms with Crippen LogP contribution in [0, 0.1) is 0 Å². The fourth-order valence-electron chi connectivity index (χ4n) is 1.52. The van der Waals surface area contributed by atoms with E-state index in [9.17, 15) is 0 Å². The van der Waals surface area contributed by atoms with Crippen LogP contribution in [-0.2, 0) is 0 Å². The van der Waals surface area contributed by atoms with Crippen molar-refractivity contribution in [3.05, 3.63) is 24.9 Å². The summed E-state index contributed by atoms with van der Waals surface area (Å²) in [6.07, 6.45) is 6.19. The zero-order valence-corrected chi connectivity index (χ0v) is 8.65. The van der Waals surface area contributed by atoms with Crippen molar-refractivity contribution in [2.75, 3.05) is 11.5 Å². The SMILES string of the molecule is Nc1ncc2c(N)nn(-c3cncnc3)c2n1. The second-order valence-electron chi connectivity index (χ2n) is 3.36. The topological polar surface area (TPSA) is 121 Å². The van der Waals surface area contributed by atoms with E-state index in [1.165, 1.54) is 11.0 Å². The van der Waals surface area contributed by atoms with Crippen LogP contribution in [0.25, 0.3) is 16.7 Å². The van der Waals surface area contributed by atoms with Gasteiger partial charge in [-0.1, -0.05) is 0 Å². The Morgan fingerprint density at radius 2 is 1.82 bits per heavy atom. The van der Waals surface area contributed by atoms with E-state index in [0.29, 0.717) is 22.5 Å². The van der Waals surface area contributed by atoms with Crippen LogP contribution in [0.15, 0.2) is 24.9 Å². The van der Waals surface area contributed by atoms with Crippen LogP contribution in [0.2, 0.25) is 0 Å². The van der Waals surface area contributed by atoms with Crippen molar-refractivity contribution < 1.29 is 0 Å². The highest BCUT2D eigenvalue weighted by molar-refractivity contribution is 5.87. The molecular weight excluding hydrogens is 220 g/mol. The predicted molar refractivity (Wildman–Crippen MR) is 61.1 cm³/mol. The lowest BCUT2D eigenvalue weighted by atomic mass is 10.4. The molecule has 8 heteroatoms. The third-order valence-electron chi connectivity index (χ3n) is 2.26. The van der Waals surface area contributed by atoms with Crippen LogP contribution in [0.1, 0.15) is 0 Å². The van der Waals surface area contributed by atoms with Gasteiger partial charge in [0, 0.05) is 6.20 Å². The highest BCUT2D eigenvalue weighted by Gasteiger charge is 2.12. The summed E-state index contributed by atoms with van der Waals surface area (Å²) in [6.45, 7) is 0. The molecule has 0 amide bonds. The molecule has 0 aromatic carbocycles. The Hall–Kier alpha value is -2.77. The summed E-state index contributed by atoms with van der Waals surface area (Å²) in [5.41, 5.74) is 12.5. The van der Waals surface area contributed by atoms with Gasteiger partial charge in [-0.15, -0.1) is 5.10 Å². The number of hydrogen-bond donors (Lipinski definition) is 2. The van der Waals surface area contributed by atoms with Crippen molar-refractivity contribution in [1.29, 1.82) is 0 Å². The summed E-state index contributed by atoms with van der Waals surface area (Å²) in [5.74, 6) is 0.499. The van der Waals surface area contributed by atoms with Gasteiger partial charge in [-0.05, 0) is 0 Å². The fourth-order valence-corrected chi connectivity index (χ4v) is 1.52. The Morgan fingerprint density at radius 1 is 1.06 bits per heavy atom. The number of nitrogens with two attached hydrogens (primary N) is 2. The van der Waals surface area contributed by atoms with Crippen molar-refractivity contribution in [3.8, 4) is 5.69 Å². The minimum atomic E-state index is 0.162. The van der Waals surface area contributed by atoms with E-state index in [2.05, 4.69) is 25.0 Å². The molecule has 0 saturated heterocycles. The van der Waals surface area contributed by atoms with E-state index in [1.807, 2.05) is 0 Å². The molecule has 0 unspecified atom stereocenters.